The molecule has 0 radical (unpaired) electrons. The van der Waals surface area contributed by atoms with Gasteiger partial charge in [0.15, 0.2) is 0 Å². The van der Waals surface area contributed by atoms with Gasteiger partial charge in [-0.3, -0.25) is 0 Å². The predicted molar refractivity (Wildman–Crippen MR) is 61.3 cm³/mol. The van der Waals surface area contributed by atoms with Gasteiger partial charge in [-0.15, -0.1) is 11.3 Å². The Hall–Kier alpha value is -0.490. The lowest BCUT2D eigenvalue weighted by atomic mass is 10.1. The lowest BCUT2D eigenvalue weighted by Gasteiger charge is -2.09. The molecule has 5 heteroatoms. The maximum absolute atomic E-state index is 9.63. The van der Waals surface area contributed by atoms with Crippen molar-refractivity contribution in [1.82, 2.24) is 4.98 Å². The first-order valence-corrected chi connectivity index (χ1v) is 5.80. The number of rotatable bonds is 2. The monoisotopic (exact) mass is 272 g/mol. The number of aromatic nitrogens is 1. The Labute approximate surface area is 93.7 Å². The van der Waals surface area contributed by atoms with Crippen molar-refractivity contribution in [3.05, 3.63) is 27.7 Å². The minimum absolute atomic E-state index is 0.217. The molecule has 0 bridgehead atoms. The van der Waals surface area contributed by atoms with E-state index in [0.29, 0.717) is 0 Å². The Morgan fingerprint density at radius 3 is 3.07 bits per heavy atom. The molecule has 0 fully saturated rings. The molecule has 0 saturated heterocycles. The lowest BCUT2D eigenvalue weighted by molar-refractivity contribution is 0.186. The van der Waals surface area contributed by atoms with Crippen molar-refractivity contribution in [2.45, 2.75) is 6.10 Å². The summed E-state index contributed by atoms with van der Waals surface area (Å²) in [5, 5.41) is 9.63. The van der Waals surface area contributed by atoms with Crippen LogP contribution in [0.1, 0.15) is 11.7 Å². The standard InChI is InChI=1S/C9H9BrN2OS/c10-6-2-9-7(12-4-14-9)1-5(6)8(13)3-11/h1-2,4,8,13H,3,11H2. The maximum Gasteiger partial charge on any atom is 0.0923 e. The van der Waals surface area contributed by atoms with Gasteiger partial charge in [-0.1, -0.05) is 15.9 Å². The van der Waals surface area contributed by atoms with Gasteiger partial charge in [-0.05, 0) is 17.7 Å². The Morgan fingerprint density at radius 2 is 2.36 bits per heavy atom. The first-order chi connectivity index (χ1) is 6.72. The molecule has 1 aromatic carbocycles. The average molecular weight is 273 g/mol. The van der Waals surface area contributed by atoms with Crippen LogP contribution >= 0.6 is 27.3 Å². The Balaban J connectivity index is 2.58. The number of aliphatic hydroxyl groups excluding tert-OH is 1. The van der Waals surface area contributed by atoms with Gasteiger partial charge in [0.1, 0.15) is 0 Å². The Kier molecular flexibility index (Phi) is 2.83. The quantitative estimate of drug-likeness (QED) is 0.880. The molecule has 3 N–H and O–H groups in total. The van der Waals surface area contributed by atoms with Crippen molar-refractivity contribution in [1.29, 1.82) is 0 Å². The third-order valence-corrected chi connectivity index (χ3v) is 3.51. The van der Waals surface area contributed by atoms with Crippen molar-refractivity contribution >= 4 is 37.5 Å². The van der Waals surface area contributed by atoms with Gasteiger partial charge in [-0.25, -0.2) is 4.98 Å². The van der Waals surface area contributed by atoms with Gasteiger partial charge in [0.25, 0.3) is 0 Å². The summed E-state index contributed by atoms with van der Waals surface area (Å²) < 4.78 is 1.98. The van der Waals surface area contributed by atoms with Gasteiger partial charge < -0.3 is 10.8 Å². The number of benzene rings is 1. The molecular formula is C9H9BrN2OS. The van der Waals surface area contributed by atoms with Crippen LogP contribution in [0.4, 0.5) is 0 Å². The van der Waals surface area contributed by atoms with Crippen molar-refractivity contribution < 1.29 is 5.11 Å². The maximum atomic E-state index is 9.63. The van der Waals surface area contributed by atoms with Crippen molar-refractivity contribution in [3.63, 3.8) is 0 Å². The zero-order valence-electron chi connectivity index (χ0n) is 7.27. The van der Waals surface area contributed by atoms with Gasteiger partial charge in [0.05, 0.1) is 21.8 Å². The van der Waals surface area contributed by atoms with Gasteiger partial charge in [0, 0.05) is 11.0 Å². The molecule has 3 nitrogen and oxygen atoms in total. The first-order valence-electron chi connectivity index (χ1n) is 4.13. The molecule has 0 spiro atoms. The summed E-state index contributed by atoms with van der Waals surface area (Å²) in [6.45, 7) is 0.217. The molecule has 0 saturated carbocycles. The number of halogens is 1. The van der Waals surface area contributed by atoms with E-state index in [4.69, 9.17) is 5.73 Å². The third kappa shape index (κ3) is 1.68. The fraction of sp³-hybridized carbons (Fsp3) is 0.222. The molecule has 14 heavy (non-hydrogen) atoms. The highest BCUT2D eigenvalue weighted by molar-refractivity contribution is 9.10. The molecule has 1 atom stereocenters. The summed E-state index contributed by atoms with van der Waals surface area (Å²) >= 11 is 4.98. The van der Waals surface area contributed by atoms with E-state index in [1.807, 2.05) is 12.1 Å². The van der Waals surface area contributed by atoms with Gasteiger partial charge >= 0.3 is 0 Å². The largest absolute Gasteiger partial charge is 0.387 e. The fourth-order valence-corrected chi connectivity index (χ4v) is 2.73. The zero-order valence-corrected chi connectivity index (χ0v) is 9.68. The molecular weight excluding hydrogens is 264 g/mol. The SMILES string of the molecule is NCC(O)c1cc2ncsc2cc1Br. The summed E-state index contributed by atoms with van der Waals surface area (Å²) in [6, 6.07) is 3.83. The highest BCUT2D eigenvalue weighted by Crippen LogP contribution is 2.29. The van der Waals surface area contributed by atoms with Crippen LogP contribution in [0.25, 0.3) is 10.2 Å². The second-order valence-electron chi connectivity index (χ2n) is 2.95. The van der Waals surface area contributed by atoms with Crippen molar-refractivity contribution in [2.75, 3.05) is 6.54 Å². The fourth-order valence-electron chi connectivity index (χ4n) is 1.28. The van der Waals surface area contributed by atoms with E-state index in [1.54, 1.807) is 16.8 Å². The van der Waals surface area contributed by atoms with E-state index >= 15 is 0 Å². The summed E-state index contributed by atoms with van der Waals surface area (Å²) in [7, 11) is 0. The number of nitrogens with two attached hydrogens (primary N) is 1. The van der Waals surface area contributed by atoms with Crippen LogP contribution in [0.5, 0.6) is 0 Å². The topological polar surface area (TPSA) is 59.1 Å². The van der Waals surface area contributed by atoms with E-state index in [1.165, 1.54) is 0 Å². The minimum atomic E-state index is -0.629. The van der Waals surface area contributed by atoms with E-state index in [9.17, 15) is 5.11 Å². The molecule has 1 heterocycles. The third-order valence-electron chi connectivity index (χ3n) is 2.03. The lowest BCUT2D eigenvalue weighted by Crippen LogP contribution is -2.11. The number of thiazole rings is 1. The summed E-state index contributed by atoms with van der Waals surface area (Å²) in [6.07, 6.45) is -0.629. The molecule has 0 aliphatic heterocycles. The van der Waals surface area contributed by atoms with Crippen LogP contribution < -0.4 is 5.73 Å². The smallest absolute Gasteiger partial charge is 0.0923 e. The van der Waals surface area contributed by atoms with E-state index in [2.05, 4.69) is 20.9 Å². The van der Waals surface area contributed by atoms with Gasteiger partial charge in [0.2, 0.25) is 0 Å². The highest BCUT2D eigenvalue weighted by Gasteiger charge is 2.11. The number of hydrogen-bond acceptors (Lipinski definition) is 4. The second kappa shape index (κ2) is 3.94. The van der Waals surface area contributed by atoms with Crippen LogP contribution in [0, 0.1) is 0 Å². The summed E-state index contributed by atoms with van der Waals surface area (Å²) in [5.74, 6) is 0. The van der Waals surface area contributed by atoms with E-state index < -0.39 is 6.10 Å². The van der Waals surface area contributed by atoms with Crippen LogP contribution in [0.2, 0.25) is 0 Å². The number of aliphatic hydroxyl groups is 1. The van der Waals surface area contributed by atoms with Crippen LogP contribution in [0.3, 0.4) is 0 Å². The summed E-state index contributed by atoms with van der Waals surface area (Å²) in [5.41, 5.74) is 8.89. The van der Waals surface area contributed by atoms with Crippen LogP contribution in [-0.4, -0.2) is 16.6 Å². The molecule has 1 unspecified atom stereocenters. The molecule has 1 aromatic heterocycles. The van der Waals surface area contributed by atoms with Crippen molar-refractivity contribution in [2.24, 2.45) is 5.73 Å². The normalized spacial score (nSPS) is 13.4. The number of fused-ring (bicyclic) bond motifs is 1. The van der Waals surface area contributed by atoms with Crippen LogP contribution in [0.15, 0.2) is 22.1 Å². The number of hydrogen-bond donors (Lipinski definition) is 2. The molecule has 2 rings (SSSR count). The van der Waals surface area contributed by atoms with E-state index in [-0.39, 0.29) is 6.54 Å². The molecule has 0 aliphatic rings. The molecule has 2 aromatic rings. The minimum Gasteiger partial charge on any atom is -0.387 e. The van der Waals surface area contributed by atoms with Crippen LogP contribution in [-0.2, 0) is 0 Å². The molecule has 0 aliphatic carbocycles. The van der Waals surface area contributed by atoms with Crippen molar-refractivity contribution in [3.8, 4) is 0 Å². The second-order valence-corrected chi connectivity index (χ2v) is 4.69. The first kappa shape index (κ1) is 10.0. The average Bonchev–Trinajstić information content (AvgIpc) is 2.62. The Bertz CT molecular complexity index is 457. The molecule has 0 amide bonds. The number of nitrogens with zero attached hydrogens (tertiary/aromatic N) is 1. The Morgan fingerprint density at radius 1 is 1.57 bits per heavy atom. The predicted octanol–water partition coefficient (Wildman–Crippen LogP) is 2.05. The zero-order chi connectivity index (χ0) is 10.1. The summed E-state index contributed by atoms with van der Waals surface area (Å²) in [4.78, 5) is 4.18. The highest BCUT2D eigenvalue weighted by atomic mass is 79.9. The van der Waals surface area contributed by atoms with E-state index in [0.717, 1.165) is 20.3 Å². The molecule has 74 valence electrons. The van der Waals surface area contributed by atoms with Gasteiger partial charge in [-0.2, -0.15) is 0 Å².